The van der Waals surface area contributed by atoms with Gasteiger partial charge in [0.15, 0.2) is 0 Å². The molecule has 0 aromatic carbocycles. The molecule has 25 heavy (non-hydrogen) atoms. The highest BCUT2D eigenvalue weighted by molar-refractivity contribution is 5.94. The van der Waals surface area contributed by atoms with E-state index in [0.717, 1.165) is 44.0 Å². The number of ether oxygens (including phenoxy) is 1. The lowest BCUT2D eigenvalue weighted by atomic mass is 9.91. The Morgan fingerprint density at radius 2 is 2.32 bits per heavy atom. The van der Waals surface area contributed by atoms with Gasteiger partial charge in [0.05, 0.1) is 24.5 Å². The molecule has 2 aliphatic heterocycles. The average Bonchev–Trinajstić information content (AvgIpc) is 3.21. The van der Waals surface area contributed by atoms with E-state index in [1.807, 2.05) is 25.1 Å². The number of rotatable bonds is 4. The summed E-state index contributed by atoms with van der Waals surface area (Å²) in [5.41, 5.74) is 0.709. The summed E-state index contributed by atoms with van der Waals surface area (Å²) in [7, 11) is 0. The summed E-state index contributed by atoms with van der Waals surface area (Å²) in [5.74, 6) is 2.31. The molecule has 0 bridgehead atoms. The Morgan fingerprint density at radius 3 is 3.08 bits per heavy atom. The van der Waals surface area contributed by atoms with E-state index in [9.17, 15) is 4.79 Å². The van der Waals surface area contributed by atoms with Gasteiger partial charge in [-0.05, 0) is 56.5 Å². The van der Waals surface area contributed by atoms with Crippen LogP contribution < -0.4 is 5.32 Å². The number of piperidine rings is 1. The first-order valence-electron chi connectivity index (χ1n) is 8.81. The summed E-state index contributed by atoms with van der Waals surface area (Å²) < 4.78 is 11.7. The molecule has 2 fully saturated rings. The normalized spacial score (nSPS) is 26.4. The molecule has 132 valence electrons. The van der Waals surface area contributed by atoms with Gasteiger partial charge in [-0.3, -0.25) is 14.7 Å². The topological polar surface area (TPSA) is 67.6 Å². The first-order chi connectivity index (χ1) is 12.2. The number of anilines is 1. The summed E-state index contributed by atoms with van der Waals surface area (Å²) in [6, 6.07) is 7.66. The molecular formula is C19H23N3O3. The number of aryl methyl sites for hydroxylation is 1. The van der Waals surface area contributed by atoms with Crippen molar-refractivity contribution in [1.82, 2.24) is 9.88 Å². The molecule has 2 aromatic heterocycles. The second-order valence-electron chi connectivity index (χ2n) is 6.93. The molecule has 0 saturated carbocycles. The van der Waals surface area contributed by atoms with Gasteiger partial charge in [-0.1, -0.05) is 0 Å². The van der Waals surface area contributed by atoms with E-state index in [1.54, 1.807) is 18.5 Å². The molecule has 4 rings (SSSR count). The van der Waals surface area contributed by atoms with E-state index >= 15 is 0 Å². The highest BCUT2D eigenvalue weighted by Crippen LogP contribution is 2.34. The van der Waals surface area contributed by atoms with Crippen molar-refractivity contribution in [2.75, 3.05) is 18.4 Å². The number of nitrogens with zero attached hydrogens (tertiary/aromatic N) is 2. The van der Waals surface area contributed by atoms with Gasteiger partial charge in [-0.2, -0.15) is 0 Å². The number of hydrogen-bond donors (Lipinski definition) is 1. The summed E-state index contributed by atoms with van der Waals surface area (Å²) in [6.45, 7) is 4.62. The monoisotopic (exact) mass is 341 g/mol. The maximum absolute atomic E-state index is 12.4. The lowest BCUT2D eigenvalue weighted by Crippen LogP contribution is -2.41. The van der Waals surface area contributed by atoms with Crippen LogP contribution in [0.15, 0.2) is 41.1 Å². The summed E-state index contributed by atoms with van der Waals surface area (Å²) in [4.78, 5) is 18.8. The first kappa shape index (κ1) is 16.3. The van der Waals surface area contributed by atoms with Crippen molar-refractivity contribution < 1.29 is 13.9 Å². The van der Waals surface area contributed by atoms with Gasteiger partial charge in [-0.25, -0.2) is 0 Å². The fourth-order valence-corrected chi connectivity index (χ4v) is 3.76. The van der Waals surface area contributed by atoms with E-state index in [4.69, 9.17) is 9.15 Å². The summed E-state index contributed by atoms with van der Waals surface area (Å²) >= 11 is 0. The largest absolute Gasteiger partial charge is 0.465 e. The standard InChI is InChI=1S/C19H23N3O3/c1-13-4-5-16(24-13)11-22-8-6-14-9-17(25-18(14)12-22)19(23)21-15-3-2-7-20-10-15/h2-5,7,10,14,17-18H,6,8-9,11-12H2,1H3,(H,21,23)/t14-,17-,18+/m1/s1. The SMILES string of the molecule is Cc1ccc(CN2CC[C@@H]3C[C@H](C(=O)Nc4cccnc4)O[C@H]3C2)o1. The van der Waals surface area contributed by atoms with E-state index in [-0.39, 0.29) is 18.1 Å². The Hall–Kier alpha value is -2.18. The number of carbonyl (C=O) groups is 1. The van der Waals surface area contributed by atoms with Gasteiger partial charge in [0.25, 0.3) is 5.91 Å². The molecule has 0 radical (unpaired) electrons. The minimum Gasteiger partial charge on any atom is -0.465 e. The zero-order chi connectivity index (χ0) is 17.2. The van der Waals surface area contributed by atoms with E-state index in [1.165, 1.54) is 0 Å². The number of aromatic nitrogens is 1. The van der Waals surface area contributed by atoms with Crippen LogP contribution >= 0.6 is 0 Å². The molecule has 2 aliphatic rings. The number of carbonyl (C=O) groups excluding carboxylic acids is 1. The summed E-state index contributed by atoms with van der Waals surface area (Å²) in [5, 5.41) is 2.89. The van der Waals surface area contributed by atoms with Crippen LogP contribution in [0.3, 0.4) is 0 Å². The molecule has 3 atom stereocenters. The third kappa shape index (κ3) is 3.75. The van der Waals surface area contributed by atoms with Crippen LogP contribution in [-0.4, -0.2) is 41.1 Å². The quantitative estimate of drug-likeness (QED) is 0.926. The van der Waals surface area contributed by atoms with Gasteiger partial charge < -0.3 is 14.5 Å². The third-order valence-corrected chi connectivity index (χ3v) is 5.03. The smallest absolute Gasteiger partial charge is 0.253 e. The number of pyridine rings is 1. The second-order valence-corrected chi connectivity index (χ2v) is 6.93. The Balaban J connectivity index is 1.33. The third-order valence-electron chi connectivity index (χ3n) is 5.03. The molecule has 6 heteroatoms. The van der Waals surface area contributed by atoms with Crippen LogP contribution in [-0.2, 0) is 16.1 Å². The van der Waals surface area contributed by atoms with E-state index in [2.05, 4.69) is 15.2 Å². The van der Waals surface area contributed by atoms with Gasteiger partial charge in [0.1, 0.15) is 17.6 Å². The molecule has 0 spiro atoms. The van der Waals surface area contributed by atoms with Crippen molar-refractivity contribution >= 4 is 11.6 Å². The zero-order valence-corrected chi connectivity index (χ0v) is 14.4. The lowest BCUT2D eigenvalue weighted by molar-refractivity contribution is -0.127. The van der Waals surface area contributed by atoms with E-state index in [0.29, 0.717) is 11.6 Å². The number of furan rings is 1. The number of likely N-dealkylation sites (tertiary alicyclic amines) is 1. The van der Waals surface area contributed by atoms with E-state index < -0.39 is 0 Å². The minimum absolute atomic E-state index is 0.0735. The number of nitrogens with one attached hydrogen (secondary N) is 1. The van der Waals surface area contributed by atoms with Crippen LogP contribution in [0, 0.1) is 12.8 Å². The highest BCUT2D eigenvalue weighted by atomic mass is 16.5. The number of fused-ring (bicyclic) bond motifs is 1. The van der Waals surface area contributed by atoms with Crippen LogP contribution in [0.25, 0.3) is 0 Å². The van der Waals surface area contributed by atoms with Crippen molar-refractivity contribution in [3.05, 3.63) is 48.2 Å². The molecular weight excluding hydrogens is 318 g/mol. The van der Waals surface area contributed by atoms with Gasteiger partial charge in [0, 0.05) is 12.7 Å². The van der Waals surface area contributed by atoms with Crippen molar-refractivity contribution in [3.8, 4) is 0 Å². The molecule has 1 N–H and O–H groups in total. The number of amides is 1. The maximum Gasteiger partial charge on any atom is 0.253 e. The Bertz CT molecular complexity index is 731. The fourth-order valence-electron chi connectivity index (χ4n) is 3.76. The van der Waals surface area contributed by atoms with Gasteiger partial charge >= 0.3 is 0 Å². The summed E-state index contributed by atoms with van der Waals surface area (Å²) in [6.07, 6.45) is 4.93. The Kier molecular flexibility index (Phi) is 4.55. The minimum atomic E-state index is -0.374. The van der Waals surface area contributed by atoms with Crippen LogP contribution in [0.1, 0.15) is 24.4 Å². The molecule has 2 saturated heterocycles. The fraction of sp³-hybridized carbons (Fsp3) is 0.474. The molecule has 0 aliphatic carbocycles. The molecule has 2 aromatic rings. The molecule has 4 heterocycles. The average molecular weight is 341 g/mol. The van der Waals surface area contributed by atoms with Gasteiger partial charge in [-0.15, -0.1) is 0 Å². The number of hydrogen-bond acceptors (Lipinski definition) is 5. The Labute approximate surface area is 147 Å². The first-order valence-corrected chi connectivity index (χ1v) is 8.81. The molecule has 1 amide bonds. The molecule has 6 nitrogen and oxygen atoms in total. The second kappa shape index (κ2) is 6.98. The van der Waals surface area contributed by atoms with Crippen molar-refractivity contribution in [2.24, 2.45) is 5.92 Å². The molecule has 0 unspecified atom stereocenters. The van der Waals surface area contributed by atoms with Crippen molar-refractivity contribution in [2.45, 2.75) is 38.5 Å². The van der Waals surface area contributed by atoms with Crippen LogP contribution in [0.5, 0.6) is 0 Å². The maximum atomic E-state index is 12.4. The lowest BCUT2D eigenvalue weighted by Gasteiger charge is -2.33. The zero-order valence-electron chi connectivity index (χ0n) is 14.4. The van der Waals surface area contributed by atoms with Crippen LogP contribution in [0.4, 0.5) is 5.69 Å². The van der Waals surface area contributed by atoms with Crippen molar-refractivity contribution in [3.63, 3.8) is 0 Å². The predicted octanol–water partition coefficient (Wildman–Crippen LogP) is 2.60. The van der Waals surface area contributed by atoms with Crippen LogP contribution in [0.2, 0.25) is 0 Å². The van der Waals surface area contributed by atoms with Crippen molar-refractivity contribution in [1.29, 1.82) is 0 Å². The predicted molar refractivity (Wildman–Crippen MR) is 93.0 cm³/mol. The highest BCUT2D eigenvalue weighted by Gasteiger charge is 2.41. The Morgan fingerprint density at radius 1 is 1.40 bits per heavy atom. The van der Waals surface area contributed by atoms with Gasteiger partial charge in [0.2, 0.25) is 0 Å².